The van der Waals surface area contributed by atoms with Crippen LogP contribution in [-0.4, -0.2) is 15.0 Å². The quantitative estimate of drug-likeness (QED) is 0.863. The summed E-state index contributed by atoms with van der Waals surface area (Å²) >= 11 is 0. The Morgan fingerprint density at radius 2 is 2.06 bits per heavy atom. The molecule has 0 fully saturated rings. The molecule has 1 aromatic heterocycles. The van der Waals surface area contributed by atoms with Gasteiger partial charge in [-0.2, -0.15) is 0 Å². The Morgan fingerprint density at radius 3 is 2.65 bits per heavy atom. The van der Waals surface area contributed by atoms with Gasteiger partial charge in [0.1, 0.15) is 11.4 Å². The Hall–Kier alpha value is -1.75. The van der Waals surface area contributed by atoms with Crippen molar-refractivity contribution in [3.05, 3.63) is 41.5 Å². The van der Waals surface area contributed by atoms with Crippen LogP contribution in [0.2, 0.25) is 0 Å². The molecule has 1 heterocycles. The highest BCUT2D eigenvalue weighted by atomic mass is 19.1. The molecule has 0 saturated heterocycles. The maximum Gasteiger partial charge on any atom is 0.151 e. The van der Waals surface area contributed by atoms with E-state index < -0.39 is 5.54 Å². The number of rotatable bonds is 2. The molecule has 17 heavy (non-hydrogen) atoms. The molecule has 0 atom stereocenters. The predicted octanol–water partition coefficient (Wildman–Crippen LogP) is 1.91. The molecule has 0 bridgehead atoms. The second-order valence-corrected chi connectivity index (χ2v) is 4.68. The molecule has 0 saturated carbocycles. The Balaban J connectivity index is 2.48. The summed E-state index contributed by atoms with van der Waals surface area (Å²) in [6, 6.07) is 5.15. The first-order chi connectivity index (χ1) is 7.89. The number of benzene rings is 1. The molecule has 2 aromatic rings. The topological polar surface area (TPSA) is 56.7 Å². The third-order valence-electron chi connectivity index (χ3n) is 2.57. The summed E-state index contributed by atoms with van der Waals surface area (Å²) < 4.78 is 15.3. The van der Waals surface area contributed by atoms with Crippen LogP contribution in [-0.2, 0) is 5.54 Å². The molecule has 0 amide bonds. The molecule has 2 N–H and O–H groups in total. The highest BCUT2D eigenvalue weighted by molar-refractivity contribution is 5.37. The van der Waals surface area contributed by atoms with Gasteiger partial charge < -0.3 is 5.73 Å². The molecule has 0 unspecified atom stereocenters. The minimum absolute atomic E-state index is 0.293. The molecular formula is C12H15FN4. The summed E-state index contributed by atoms with van der Waals surface area (Å²) in [6.07, 6.45) is 1.65. The lowest BCUT2D eigenvalue weighted by atomic mass is 10.0. The van der Waals surface area contributed by atoms with Crippen LogP contribution in [0.1, 0.15) is 25.1 Å². The van der Waals surface area contributed by atoms with E-state index in [2.05, 4.69) is 10.3 Å². The molecule has 0 aliphatic heterocycles. The minimum Gasteiger partial charge on any atom is -0.320 e. The maximum absolute atomic E-state index is 13.9. The average Bonchev–Trinajstić information content (AvgIpc) is 2.70. The Bertz CT molecular complexity index is 540. The first-order valence-electron chi connectivity index (χ1n) is 5.37. The Kier molecular flexibility index (Phi) is 2.71. The van der Waals surface area contributed by atoms with Crippen LogP contribution in [0.3, 0.4) is 0 Å². The number of nitrogens with zero attached hydrogens (tertiary/aromatic N) is 3. The van der Waals surface area contributed by atoms with E-state index in [9.17, 15) is 4.39 Å². The number of hydrogen-bond donors (Lipinski definition) is 1. The van der Waals surface area contributed by atoms with Crippen molar-refractivity contribution in [1.29, 1.82) is 0 Å². The van der Waals surface area contributed by atoms with Crippen molar-refractivity contribution in [2.75, 3.05) is 0 Å². The second kappa shape index (κ2) is 3.92. The first-order valence-corrected chi connectivity index (χ1v) is 5.37. The van der Waals surface area contributed by atoms with E-state index >= 15 is 0 Å². The number of aryl methyl sites for hydroxylation is 1. The molecule has 0 aliphatic rings. The Morgan fingerprint density at radius 1 is 1.35 bits per heavy atom. The summed E-state index contributed by atoms with van der Waals surface area (Å²) in [7, 11) is 0. The molecule has 4 nitrogen and oxygen atoms in total. The summed E-state index contributed by atoms with van der Waals surface area (Å²) in [5.74, 6) is -0.293. The fourth-order valence-corrected chi connectivity index (χ4v) is 1.49. The minimum atomic E-state index is -0.585. The zero-order valence-corrected chi connectivity index (χ0v) is 10.1. The van der Waals surface area contributed by atoms with E-state index in [-0.39, 0.29) is 5.82 Å². The van der Waals surface area contributed by atoms with E-state index in [0.717, 1.165) is 0 Å². The van der Waals surface area contributed by atoms with Crippen LogP contribution in [0.25, 0.3) is 5.69 Å². The van der Waals surface area contributed by atoms with E-state index in [1.807, 2.05) is 13.8 Å². The van der Waals surface area contributed by atoms with Crippen molar-refractivity contribution in [3.8, 4) is 5.69 Å². The van der Waals surface area contributed by atoms with Gasteiger partial charge in [0.15, 0.2) is 5.82 Å². The largest absolute Gasteiger partial charge is 0.320 e. The highest BCUT2D eigenvalue weighted by Crippen LogP contribution is 2.18. The average molecular weight is 234 g/mol. The summed E-state index contributed by atoms with van der Waals surface area (Å²) in [6.45, 7) is 5.37. The normalized spacial score (nSPS) is 11.8. The van der Waals surface area contributed by atoms with Crippen LogP contribution >= 0.6 is 0 Å². The number of aromatic nitrogens is 3. The SMILES string of the molecule is Cc1cccc(-n2cc(C(C)(C)N)nn2)c1F. The molecule has 5 heteroatoms. The summed E-state index contributed by atoms with van der Waals surface area (Å²) in [4.78, 5) is 0. The van der Waals surface area contributed by atoms with Gasteiger partial charge in [-0.05, 0) is 32.4 Å². The lowest BCUT2D eigenvalue weighted by molar-refractivity contribution is 0.533. The van der Waals surface area contributed by atoms with E-state index in [1.165, 1.54) is 4.68 Å². The van der Waals surface area contributed by atoms with Gasteiger partial charge >= 0.3 is 0 Å². The van der Waals surface area contributed by atoms with Crippen molar-refractivity contribution in [3.63, 3.8) is 0 Å². The number of hydrogen-bond acceptors (Lipinski definition) is 3. The van der Waals surface area contributed by atoms with Gasteiger partial charge in [0.2, 0.25) is 0 Å². The first kappa shape index (κ1) is 11.7. The predicted molar refractivity (Wildman–Crippen MR) is 63.3 cm³/mol. The molecule has 0 aliphatic carbocycles. The van der Waals surface area contributed by atoms with Gasteiger partial charge in [-0.25, -0.2) is 9.07 Å². The van der Waals surface area contributed by atoms with Gasteiger partial charge in [0, 0.05) is 0 Å². The van der Waals surface area contributed by atoms with Gasteiger partial charge in [0.05, 0.1) is 11.7 Å². The van der Waals surface area contributed by atoms with Crippen LogP contribution < -0.4 is 5.73 Å². The lowest BCUT2D eigenvalue weighted by Gasteiger charge is -2.13. The molecular weight excluding hydrogens is 219 g/mol. The highest BCUT2D eigenvalue weighted by Gasteiger charge is 2.19. The molecule has 0 spiro atoms. The third-order valence-corrected chi connectivity index (χ3v) is 2.57. The summed E-state index contributed by atoms with van der Waals surface area (Å²) in [5, 5.41) is 7.86. The van der Waals surface area contributed by atoms with E-state index in [0.29, 0.717) is 16.9 Å². The fraction of sp³-hybridized carbons (Fsp3) is 0.333. The maximum atomic E-state index is 13.9. The molecule has 2 rings (SSSR count). The van der Waals surface area contributed by atoms with Crippen LogP contribution in [0, 0.1) is 12.7 Å². The van der Waals surface area contributed by atoms with Crippen LogP contribution in [0.5, 0.6) is 0 Å². The van der Waals surface area contributed by atoms with Crippen molar-refractivity contribution in [2.24, 2.45) is 5.73 Å². The smallest absolute Gasteiger partial charge is 0.151 e. The standard InChI is InChI=1S/C12H15FN4/c1-8-5-4-6-9(11(8)13)17-7-10(15-16-17)12(2,3)14/h4-7H,14H2,1-3H3. The van der Waals surface area contributed by atoms with Crippen LogP contribution in [0.15, 0.2) is 24.4 Å². The van der Waals surface area contributed by atoms with Crippen molar-refractivity contribution in [1.82, 2.24) is 15.0 Å². The Labute approximate surface area is 99.2 Å². The van der Waals surface area contributed by atoms with Gasteiger partial charge in [-0.3, -0.25) is 0 Å². The second-order valence-electron chi connectivity index (χ2n) is 4.68. The third kappa shape index (κ3) is 2.19. The zero-order chi connectivity index (χ0) is 12.6. The van der Waals surface area contributed by atoms with Crippen molar-refractivity contribution >= 4 is 0 Å². The fourth-order valence-electron chi connectivity index (χ4n) is 1.49. The van der Waals surface area contributed by atoms with Gasteiger partial charge in [0.25, 0.3) is 0 Å². The van der Waals surface area contributed by atoms with E-state index in [4.69, 9.17) is 5.73 Å². The molecule has 90 valence electrons. The molecule has 0 radical (unpaired) electrons. The zero-order valence-electron chi connectivity index (χ0n) is 10.1. The monoisotopic (exact) mass is 234 g/mol. The lowest BCUT2D eigenvalue weighted by Crippen LogP contribution is -2.29. The number of nitrogens with two attached hydrogens (primary N) is 1. The molecule has 1 aromatic carbocycles. The van der Waals surface area contributed by atoms with Crippen molar-refractivity contribution < 1.29 is 4.39 Å². The van der Waals surface area contributed by atoms with Crippen LogP contribution in [0.4, 0.5) is 4.39 Å². The van der Waals surface area contributed by atoms with E-state index in [1.54, 1.807) is 31.3 Å². The summed E-state index contributed by atoms with van der Waals surface area (Å²) in [5.41, 5.74) is 6.90. The number of halogens is 1. The van der Waals surface area contributed by atoms with Gasteiger partial charge in [-0.15, -0.1) is 5.10 Å². The van der Waals surface area contributed by atoms with Gasteiger partial charge in [-0.1, -0.05) is 17.3 Å². The van der Waals surface area contributed by atoms with Crippen molar-refractivity contribution in [2.45, 2.75) is 26.3 Å².